The molecule has 0 aliphatic carbocycles. The normalized spacial score (nSPS) is 31.3. The van der Waals surface area contributed by atoms with Crippen molar-refractivity contribution in [3.05, 3.63) is 0 Å². The van der Waals surface area contributed by atoms with Gasteiger partial charge in [0.15, 0.2) is 0 Å². The van der Waals surface area contributed by atoms with Crippen LogP contribution in [-0.4, -0.2) is 85.9 Å². The van der Waals surface area contributed by atoms with Crippen LogP contribution in [0, 0.1) is 5.41 Å². The van der Waals surface area contributed by atoms with Gasteiger partial charge in [0, 0.05) is 32.7 Å². The van der Waals surface area contributed by atoms with Crippen molar-refractivity contribution < 1.29 is 9.59 Å². The molecule has 1 atom stereocenters. The first-order valence-electron chi connectivity index (χ1n) is 8.56. The largest absolute Gasteiger partial charge is 0.356 e. The third-order valence-electron chi connectivity index (χ3n) is 5.48. The van der Waals surface area contributed by atoms with Gasteiger partial charge in [0.25, 0.3) is 0 Å². The third-order valence-corrected chi connectivity index (χ3v) is 5.48. The molecule has 1 spiro atoms. The number of carbonyl (C=O) groups is 2. The van der Waals surface area contributed by atoms with Gasteiger partial charge < -0.3 is 15.1 Å². The number of hydrogen-bond acceptors (Lipinski definition) is 4. The monoisotopic (exact) mass is 308 g/mol. The Morgan fingerprint density at radius 2 is 2.00 bits per heavy atom. The minimum Gasteiger partial charge on any atom is -0.356 e. The molecule has 3 aliphatic rings. The molecule has 0 bridgehead atoms. The topological polar surface area (TPSA) is 55.9 Å². The standard InChI is InChI=1S/C16H28N4O2/c1-18-7-3-8-19(11-10-18)12-14(21)20-9-5-16(13-20)4-2-6-17-15(16)22/h2-13H2,1H3,(H,17,22)/t16-/m1/s1. The summed E-state index contributed by atoms with van der Waals surface area (Å²) in [5.41, 5.74) is -0.299. The van der Waals surface area contributed by atoms with Crippen LogP contribution >= 0.6 is 0 Å². The van der Waals surface area contributed by atoms with Crippen molar-refractivity contribution in [1.29, 1.82) is 0 Å². The van der Waals surface area contributed by atoms with Crippen molar-refractivity contribution in [1.82, 2.24) is 20.0 Å². The van der Waals surface area contributed by atoms with Gasteiger partial charge in [-0.05, 0) is 45.8 Å². The van der Waals surface area contributed by atoms with Crippen LogP contribution in [0.15, 0.2) is 0 Å². The lowest BCUT2D eigenvalue weighted by Gasteiger charge is -2.32. The fourth-order valence-electron chi connectivity index (χ4n) is 3.95. The highest BCUT2D eigenvalue weighted by Gasteiger charge is 2.46. The Hall–Kier alpha value is -1.14. The van der Waals surface area contributed by atoms with Gasteiger partial charge >= 0.3 is 0 Å². The van der Waals surface area contributed by atoms with Crippen molar-refractivity contribution in [2.24, 2.45) is 5.41 Å². The molecule has 124 valence electrons. The summed E-state index contributed by atoms with van der Waals surface area (Å²) in [7, 11) is 2.14. The van der Waals surface area contributed by atoms with E-state index < -0.39 is 0 Å². The zero-order chi connectivity index (χ0) is 15.6. The van der Waals surface area contributed by atoms with Crippen LogP contribution in [0.5, 0.6) is 0 Å². The number of nitrogens with one attached hydrogen (secondary N) is 1. The van der Waals surface area contributed by atoms with Crippen LogP contribution < -0.4 is 5.32 Å². The molecule has 3 heterocycles. The second kappa shape index (κ2) is 6.54. The Morgan fingerprint density at radius 3 is 2.82 bits per heavy atom. The number of likely N-dealkylation sites (N-methyl/N-ethyl adjacent to an activating group) is 1. The Balaban J connectivity index is 1.54. The lowest BCUT2D eigenvalue weighted by Crippen LogP contribution is -2.48. The molecule has 1 N–H and O–H groups in total. The van der Waals surface area contributed by atoms with Gasteiger partial charge in [-0.15, -0.1) is 0 Å². The summed E-state index contributed by atoms with van der Waals surface area (Å²) in [5.74, 6) is 0.352. The van der Waals surface area contributed by atoms with Gasteiger partial charge in [0.2, 0.25) is 11.8 Å². The predicted molar refractivity (Wildman–Crippen MR) is 84.4 cm³/mol. The first-order valence-corrected chi connectivity index (χ1v) is 8.56. The summed E-state index contributed by atoms with van der Waals surface area (Å²) in [6, 6.07) is 0. The van der Waals surface area contributed by atoms with Gasteiger partial charge in [-0.1, -0.05) is 0 Å². The zero-order valence-electron chi connectivity index (χ0n) is 13.6. The first kappa shape index (κ1) is 15.7. The minimum atomic E-state index is -0.299. The van der Waals surface area contributed by atoms with E-state index in [9.17, 15) is 9.59 Å². The Bertz CT molecular complexity index is 442. The van der Waals surface area contributed by atoms with Crippen LogP contribution in [0.2, 0.25) is 0 Å². The maximum atomic E-state index is 12.6. The number of rotatable bonds is 2. The molecule has 0 unspecified atom stereocenters. The van der Waals surface area contributed by atoms with Gasteiger partial charge in [-0.2, -0.15) is 0 Å². The first-order chi connectivity index (χ1) is 10.6. The number of nitrogens with zero attached hydrogens (tertiary/aromatic N) is 3. The van der Waals surface area contributed by atoms with E-state index >= 15 is 0 Å². The number of hydrogen-bond donors (Lipinski definition) is 1. The number of piperidine rings is 1. The van der Waals surface area contributed by atoms with E-state index in [1.807, 2.05) is 4.90 Å². The summed E-state index contributed by atoms with van der Waals surface area (Å²) >= 11 is 0. The van der Waals surface area contributed by atoms with E-state index in [1.165, 1.54) is 0 Å². The molecule has 0 aromatic carbocycles. The lowest BCUT2D eigenvalue weighted by molar-refractivity contribution is -0.135. The Morgan fingerprint density at radius 1 is 1.14 bits per heavy atom. The molecular weight excluding hydrogens is 280 g/mol. The smallest absolute Gasteiger partial charge is 0.236 e. The Labute approximate surface area is 132 Å². The fourth-order valence-corrected chi connectivity index (χ4v) is 3.95. The molecule has 6 nitrogen and oxygen atoms in total. The van der Waals surface area contributed by atoms with Crippen molar-refractivity contribution in [3.63, 3.8) is 0 Å². The second-order valence-electron chi connectivity index (χ2n) is 7.14. The molecule has 2 amide bonds. The van der Waals surface area contributed by atoms with Gasteiger partial charge in [-0.3, -0.25) is 14.5 Å². The molecule has 3 saturated heterocycles. The highest BCUT2D eigenvalue weighted by atomic mass is 16.2. The average Bonchev–Trinajstić information content (AvgIpc) is 2.82. The highest BCUT2D eigenvalue weighted by molar-refractivity contribution is 5.86. The molecule has 0 radical (unpaired) electrons. The minimum absolute atomic E-state index is 0.158. The van der Waals surface area contributed by atoms with E-state index in [-0.39, 0.29) is 17.2 Å². The van der Waals surface area contributed by atoms with Crippen molar-refractivity contribution >= 4 is 11.8 Å². The van der Waals surface area contributed by atoms with Crippen LogP contribution in [0.1, 0.15) is 25.7 Å². The van der Waals surface area contributed by atoms with E-state index in [4.69, 9.17) is 0 Å². The molecule has 3 aliphatic heterocycles. The summed E-state index contributed by atoms with van der Waals surface area (Å²) < 4.78 is 0. The third kappa shape index (κ3) is 3.27. The van der Waals surface area contributed by atoms with Crippen LogP contribution in [0.3, 0.4) is 0 Å². The van der Waals surface area contributed by atoms with Crippen LogP contribution in [0.25, 0.3) is 0 Å². The van der Waals surface area contributed by atoms with Crippen molar-refractivity contribution in [3.8, 4) is 0 Å². The summed E-state index contributed by atoms with van der Waals surface area (Å²) in [5, 5.41) is 2.98. The van der Waals surface area contributed by atoms with E-state index in [1.54, 1.807) is 0 Å². The summed E-state index contributed by atoms with van der Waals surface area (Å²) in [4.78, 5) is 31.3. The summed E-state index contributed by atoms with van der Waals surface area (Å²) in [6.45, 7) is 6.74. The lowest BCUT2D eigenvalue weighted by atomic mass is 9.79. The molecule has 0 aromatic heterocycles. The van der Waals surface area contributed by atoms with E-state index in [0.717, 1.165) is 65.0 Å². The van der Waals surface area contributed by atoms with Crippen LogP contribution in [-0.2, 0) is 9.59 Å². The number of carbonyl (C=O) groups excluding carboxylic acids is 2. The average molecular weight is 308 g/mol. The number of amides is 2. The Kier molecular flexibility index (Phi) is 4.68. The maximum absolute atomic E-state index is 12.6. The maximum Gasteiger partial charge on any atom is 0.236 e. The van der Waals surface area contributed by atoms with Crippen molar-refractivity contribution in [2.45, 2.75) is 25.7 Å². The highest BCUT2D eigenvalue weighted by Crippen LogP contribution is 2.37. The molecule has 0 saturated carbocycles. The molecule has 0 aromatic rings. The van der Waals surface area contributed by atoms with E-state index in [2.05, 4.69) is 22.2 Å². The van der Waals surface area contributed by atoms with Gasteiger partial charge in [0.1, 0.15) is 0 Å². The molecule has 3 rings (SSSR count). The van der Waals surface area contributed by atoms with Crippen LogP contribution in [0.4, 0.5) is 0 Å². The van der Waals surface area contributed by atoms with E-state index in [0.29, 0.717) is 13.1 Å². The number of likely N-dealkylation sites (tertiary alicyclic amines) is 1. The molecular formula is C16H28N4O2. The second-order valence-corrected chi connectivity index (χ2v) is 7.14. The fraction of sp³-hybridized carbons (Fsp3) is 0.875. The predicted octanol–water partition coefficient (Wildman–Crippen LogP) is -0.247. The zero-order valence-corrected chi connectivity index (χ0v) is 13.6. The molecule has 22 heavy (non-hydrogen) atoms. The molecule has 6 heteroatoms. The molecule has 3 fully saturated rings. The van der Waals surface area contributed by atoms with Gasteiger partial charge in [-0.25, -0.2) is 0 Å². The quantitative estimate of drug-likeness (QED) is 0.764. The SMILES string of the molecule is CN1CCCN(CC(=O)N2CC[C@]3(CCCNC3=O)C2)CC1. The summed E-state index contributed by atoms with van der Waals surface area (Å²) in [6.07, 6.45) is 3.91. The van der Waals surface area contributed by atoms with Gasteiger partial charge in [0.05, 0.1) is 12.0 Å². The van der Waals surface area contributed by atoms with Crippen molar-refractivity contribution in [2.75, 3.05) is 59.4 Å².